The third-order valence-corrected chi connectivity index (χ3v) is 2.17. The molecule has 1 N–H and O–H groups in total. The lowest BCUT2D eigenvalue weighted by atomic mass is 10.3. The quantitative estimate of drug-likeness (QED) is 0.675. The van der Waals surface area contributed by atoms with E-state index in [4.69, 9.17) is 0 Å². The number of H-pyrrole nitrogens is 1. The Bertz CT molecular complexity index is 343. The highest BCUT2D eigenvalue weighted by Gasteiger charge is 2.17. The van der Waals surface area contributed by atoms with Gasteiger partial charge in [0.15, 0.2) is 0 Å². The Morgan fingerprint density at radius 2 is 2.36 bits per heavy atom. The van der Waals surface area contributed by atoms with Gasteiger partial charge in [-0.05, 0) is 6.42 Å². The molecule has 4 nitrogen and oxygen atoms in total. The highest BCUT2D eigenvalue weighted by Crippen LogP contribution is 2.14. The van der Waals surface area contributed by atoms with Crippen LogP contribution in [0.4, 0.5) is 3.89 Å². The molecule has 1 aromatic heterocycles. The van der Waals surface area contributed by atoms with Crippen LogP contribution in [-0.4, -0.2) is 18.6 Å². The van der Waals surface area contributed by atoms with Gasteiger partial charge in [0.1, 0.15) is 4.90 Å². The van der Waals surface area contributed by atoms with E-state index in [-0.39, 0.29) is 4.90 Å². The van der Waals surface area contributed by atoms with Crippen LogP contribution in [-0.2, 0) is 16.6 Å². The van der Waals surface area contributed by atoms with E-state index in [0.717, 1.165) is 6.20 Å². The number of hydrogen-bond donors (Lipinski definition) is 1. The van der Waals surface area contributed by atoms with Gasteiger partial charge in [-0.15, -0.1) is 3.89 Å². The van der Waals surface area contributed by atoms with Crippen molar-refractivity contribution >= 4 is 10.2 Å². The molecule has 0 unspecified atom stereocenters. The Kier molecular flexibility index (Phi) is 1.95. The zero-order valence-electron chi connectivity index (χ0n) is 5.83. The maximum Gasteiger partial charge on any atom is 0.335 e. The Balaban J connectivity index is 3.24. The first-order valence-corrected chi connectivity index (χ1v) is 4.41. The standard InChI is InChI=1S/C5H7FN2O2S/c1-2-4-5(3-7-8-4)11(6,9)10/h3H,2H2,1H3,(H,7,8). The number of aromatic amines is 1. The highest BCUT2D eigenvalue weighted by molar-refractivity contribution is 7.86. The molecule has 0 fully saturated rings. The van der Waals surface area contributed by atoms with E-state index >= 15 is 0 Å². The maximum atomic E-state index is 12.3. The Hall–Kier alpha value is -0.910. The summed E-state index contributed by atoms with van der Waals surface area (Å²) in [6.45, 7) is 1.71. The van der Waals surface area contributed by atoms with Crippen molar-refractivity contribution in [1.29, 1.82) is 0 Å². The molecular formula is C5H7FN2O2S. The molecule has 0 atom stereocenters. The lowest BCUT2D eigenvalue weighted by molar-refractivity contribution is 0.551. The summed E-state index contributed by atoms with van der Waals surface area (Å²) >= 11 is 0. The lowest BCUT2D eigenvalue weighted by Crippen LogP contribution is -1.94. The fraction of sp³-hybridized carbons (Fsp3) is 0.400. The molecule has 1 heterocycles. The van der Waals surface area contributed by atoms with Gasteiger partial charge in [-0.2, -0.15) is 13.5 Å². The van der Waals surface area contributed by atoms with Crippen molar-refractivity contribution in [2.24, 2.45) is 0 Å². The average Bonchev–Trinajstić information content (AvgIpc) is 2.31. The van der Waals surface area contributed by atoms with Crippen LogP contribution in [0.5, 0.6) is 0 Å². The summed E-state index contributed by atoms with van der Waals surface area (Å²) in [5.41, 5.74) is 0.299. The molecule has 0 aliphatic heterocycles. The second kappa shape index (κ2) is 2.61. The smallest absolute Gasteiger partial charge is 0.281 e. The Morgan fingerprint density at radius 1 is 1.73 bits per heavy atom. The number of halogens is 1. The first-order chi connectivity index (χ1) is 5.05. The number of nitrogens with zero attached hydrogens (tertiary/aromatic N) is 1. The van der Waals surface area contributed by atoms with Crippen molar-refractivity contribution in [3.05, 3.63) is 11.9 Å². The number of aryl methyl sites for hydroxylation is 1. The van der Waals surface area contributed by atoms with Crippen LogP contribution in [0.15, 0.2) is 11.1 Å². The number of hydrogen-bond acceptors (Lipinski definition) is 3. The molecule has 11 heavy (non-hydrogen) atoms. The molecule has 0 radical (unpaired) electrons. The van der Waals surface area contributed by atoms with E-state index in [0.29, 0.717) is 12.1 Å². The van der Waals surface area contributed by atoms with E-state index in [1.165, 1.54) is 0 Å². The van der Waals surface area contributed by atoms with Crippen molar-refractivity contribution in [1.82, 2.24) is 10.2 Å². The molecular weight excluding hydrogens is 171 g/mol. The van der Waals surface area contributed by atoms with Crippen LogP contribution in [0.2, 0.25) is 0 Å². The average molecular weight is 178 g/mol. The van der Waals surface area contributed by atoms with E-state index in [1.54, 1.807) is 6.92 Å². The second-order valence-corrected chi connectivity index (χ2v) is 3.32. The largest absolute Gasteiger partial charge is 0.335 e. The summed E-state index contributed by atoms with van der Waals surface area (Å²) in [4.78, 5) is -0.361. The van der Waals surface area contributed by atoms with Gasteiger partial charge in [0.2, 0.25) is 0 Å². The summed E-state index contributed by atoms with van der Waals surface area (Å²) in [5, 5.41) is 5.81. The fourth-order valence-corrected chi connectivity index (χ4v) is 1.43. The van der Waals surface area contributed by atoms with E-state index < -0.39 is 10.2 Å². The molecule has 0 aromatic carbocycles. The first-order valence-electron chi connectivity index (χ1n) is 3.02. The maximum absolute atomic E-state index is 12.3. The van der Waals surface area contributed by atoms with E-state index in [2.05, 4.69) is 10.2 Å². The summed E-state index contributed by atoms with van der Waals surface area (Å²) in [7, 11) is -4.60. The van der Waals surface area contributed by atoms with Gasteiger partial charge in [-0.1, -0.05) is 6.92 Å². The molecule has 0 amide bonds. The molecule has 0 aliphatic carbocycles. The zero-order valence-corrected chi connectivity index (χ0v) is 6.65. The van der Waals surface area contributed by atoms with Crippen LogP contribution in [0.25, 0.3) is 0 Å². The fourth-order valence-electron chi connectivity index (χ4n) is 0.765. The van der Waals surface area contributed by atoms with Gasteiger partial charge in [-0.25, -0.2) is 0 Å². The molecule has 0 spiro atoms. The molecule has 1 aromatic rings. The third-order valence-electron chi connectivity index (χ3n) is 1.29. The van der Waals surface area contributed by atoms with Gasteiger partial charge >= 0.3 is 10.2 Å². The molecule has 0 bridgehead atoms. The predicted molar refractivity (Wildman–Crippen MR) is 36.3 cm³/mol. The summed E-state index contributed by atoms with van der Waals surface area (Å²) < 4.78 is 33.0. The van der Waals surface area contributed by atoms with Crippen LogP contribution < -0.4 is 0 Å². The number of aromatic nitrogens is 2. The molecule has 0 saturated heterocycles. The second-order valence-electron chi connectivity index (χ2n) is 2.00. The normalized spacial score (nSPS) is 11.8. The zero-order chi connectivity index (χ0) is 8.48. The summed E-state index contributed by atoms with van der Waals surface area (Å²) in [6, 6.07) is 0. The van der Waals surface area contributed by atoms with Crippen molar-refractivity contribution in [3.8, 4) is 0 Å². The van der Waals surface area contributed by atoms with Crippen molar-refractivity contribution in [2.45, 2.75) is 18.2 Å². The molecule has 6 heteroatoms. The Labute approximate surface area is 63.6 Å². The van der Waals surface area contributed by atoms with Gasteiger partial charge in [0.25, 0.3) is 0 Å². The molecule has 0 saturated carbocycles. The highest BCUT2D eigenvalue weighted by atomic mass is 32.3. The number of nitrogens with one attached hydrogen (secondary N) is 1. The molecule has 62 valence electrons. The minimum absolute atomic E-state index is 0.299. The van der Waals surface area contributed by atoms with E-state index in [9.17, 15) is 12.3 Å². The van der Waals surface area contributed by atoms with Crippen LogP contribution >= 0.6 is 0 Å². The van der Waals surface area contributed by atoms with Gasteiger partial charge in [0, 0.05) is 0 Å². The van der Waals surface area contributed by atoms with Gasteiger partial charge in [0.05, 0.1) is 11.9 Å². The van der Waals surface area contributed by atoms with Crippen LogP contribution in [0, 0.1) is 0 Å². The van der Waals surface area contributed by atoms with Gasteiger partial charge in [-0.3, -0.25) is 5.10 Å². The minimum Gasteiger partial charge on any atom is -0.281 e. The lowest BCUT2D eigenvalue weighted by Gasteiger charge is -1.91. The van der Waals surface area contributed by atoms with Crippen LogP contribution in [0.3, 0.4) is 0 Å². The van der Waals surface area contributed by atoms with Crippen molar-refractivity contribution in [3.63, 3.8) is 0 Å². The molecule has 0 aliphatic rings. The van der Waals surface area contributed by atoms with Crippen LogP contribution in [0.1, 0.15) is 12.6 Å². The summed E-state index contributed by atoms with van der Waals surface area (Å²) in [6.07, 6.45) is 1.38. The monoisotopic (exact) mass is 178 g/mol. The first kappa shape index (κ1) is 8.19. The predicted octanol–water partition coefficient (Wildman–Crippen LogP) is 0.630. The Morgan fingerprint density at radius 3 is 2.73 bits per heavy atom. The third kappa shape index (κ3) is 1.56. The minimum atomic E-state index is -4.60. The van der Waals surface area contributed by atoms with Crippen molar-refractivity contribution < 1.29 is 12.3 Å². The summed E-state index contributed by atoms with van der Waals surface area (Å²) in [5.74, 6) is 0. The SMILES string of the molecule is CCc1[nH]ncc1S(=O)(=O)F. The topological polar surface area (TPSA) is 62.8 Å². The van der Waals surface area contributed by atoms with E-state index in [1.807, 2.05) is 0 Å². The number of rotatable bonds is 2. The van der Waals surface area contributed by atoms with Gasteiger partial charge < -0.3 is 0 Å². The van der Waals surface area contributed by atoms with Crippen molar-refractivity contribution in [2.75, 3.05) is 0 Å². The molecule has 1 rings (SSSR count).